The van der Waals surface area contributed by atoms with Crippen LogP contribution in [0.5, 0.6) is 0 Å². The van der Waals surface area contributed by atoms with Crippen LogP contribution in [0.4, 0.5) is 0 Å². The summed E-state index contributed by atoms with van der Waals surface area (Å²) >= 11 is 0. The molecule has 3 fully saturated rings. The van der Waals surface area contributed by atoms with Crippen LogP contribution >= 0.6 is 0 Å². The quantitative estimate of drug-likeness (QED) is 0.271. The van der Waals surface area contributed by atoms with E-state index in [9.17, 15) is 24.0 Å². The number of carbonyl (C=O) groups is 5. The topological polar surface area (TPSA) is 137 Å². The van der Waals surface area contributed by atoms with Gasteiger partial charge in [-0.2, -0.15) is 0 Å². The van der Waals surface area contributed by atoms with Gasteiger partial charge in [0.2, 0.25) is 23.6 Å². The molecule has 10 heteroatoms. The molecule has 3 heterocycles. The van der Waals surface area contributed by atoms with Gasteiger partial charge in [-0.3, -0.25) is 24.0 Å². The minimum atomic E-state index is -0.953. The van der Waals surface area contributed by atoms with Crippen molar-refractivity contribution in [3.63, 3.8) is 0 Å². The van der Waals surface area contributed by atoms with E-state index in [1.54, 1.807) is 4.90 Å². The van der Waals surface area contributed by atoms with Crippen LogP contribution in [0.1, 0.15) is 56.1 Å². The first kappa shape index (κ1) is 30.4. The number of hydrogen-bond acceptors (Lipinski definition) is 6. The fourth-order valence-electron chi connectivity index (χ4n) is 5.91. The van der Waals surface area contributed by atoms with E-state index in [1.165, 1.54) is 0 Å². The highest BCUT2D eigenvalue weighted by molar-refractivity contribution is 5.98. The van der Waals surface area contributed by atoms with E-state index < -0.39 is 36.0 Å². The minimum absolute atomic E-state index is 0.100. The van der Waals surface area contributed by atoms with Crippen molar-refractivity contribution >= 4 is 29.4 Å². The van der Waals surface area contributed by atoms with Crippen LogP contribution < -0.4 is 16.0 Å². The lowest BCUT2D eigenvalue weighted by molar-refractivity contribution is -0.143. The van der Waals surface area contributed by atoms with Gasteiger partial charge < -0.3 is 25.6 Å². The van der Waals surface area contributed by atoms with Crippen molar-refractivity contribution in [2.75, 3.05) is 13.2 Å². The summed E-state index contributed by atoms with van der Waals surface area (Å²) in [5, 5.41) is 8.72. The molecule has 3 aliphatic heterocycles. The minimum Gasteiger partial charge on any atom is -0.365 e. The van der Waals surface area contributed by atoms with E-state index in [0.29, 0.717) is 58.1 Å². The average Bonchev–Trinajstić information content (AvgIpc) is 3.75. The second kappa shape index (κ2) is 14.4. The van der Waals surface area contributed by atoms with Gasteiger partial charge in [-0.15, -0.1) is 0 Å². The van der Waals surface area contributed by atoms with Gasteiger partial charge in [0.05, 0.1) is 6.61 Å². The molecule has 3 aliphatic rings. The van der Waals surface area contributed by atoms with Gasteiger partial charge in [0.15, 0.2) is 5.78 Å². The summed E-state index contributed by atoms with van der Waals surface area (Å²) in [6.07, 6.45) is 4.15. The molecule has 4 amide bonds. The zero-order chi connectivity index (χ0) is 30.2. The molecule has 0 spiro atoms. The summed E-state index contributed by atoms with van der Waals surface area (Å²) in [4.78, 5) is 68.4. The van der Waals surface area contributed by atoms with Gasteiger partial charge >= 0.3 is 0 Å². The van der Waals surface area contributed by atoms with Crippen LogP contribution in [0.2, 0.25) is 0 Å². The Labute approximate surface area is 251 Å². The van der Waals surface area contributed by atoms with Gasteiger partial charge in [0.1, 0.15) is 30.3 Å². The van der Waals surface area contributed by atoms with Gasteiger partial charge in [-0.25, -0.2) is 0 Å². The average molecular weight is 589 g/mol. The number of nitrogens with one attached hydrogen (secondary N) is 3. The molecule has 1 unspecified atom stereocenters. The summed E-state index contributed by atoms with van der Waals surface area (Å²) < 4.78 is 5.04. The number of Topliss-reactive ketones (excluding diaryl/α,β-unsaturated/α-hetero) is 1. The molecule has 0 aromatic heterocycles. The molecule has 0 radical (unpaired) electrons. The van der Waals surface area contributed by atoms with Gasteiger partial charge in [0.25, 0.3) is 0 Å². The third-order valence-corrected chi connectivity index (χ3v) is 8.39. The lowest BCUT2D eigenvalue weighted by Crippen LogP contribution is -2.61. The molecule has 0 bridgehead atoms. The Morgan fingerprint density at radius 2 is 1.33 bits per heavy atom. The largest absolute Gasteiger partial charge is 0.365 e. The van der Waals surface area contributed by atoms with Gasteiger partial charge in [-0.1, -0.05) is 73.5 Å². The number of rotatable bonds is 11. The number of amides is 4. The Morgan fingerprint density at radius 1 is 0.744 bits per heavy atom. The van der Waals surface area contributed by atoms with E-state index in [4.69, 9.17) is 4.74 Å². The van der Waals surface area contributed by atoms with Gasteiger partial charge in [-0.05, 0) is 36.8 Å². The molecule has 0 aliphatic carbocycles. The number of unbranched alkanes of at least 4 members (excludes halogenated alkanes) is 2. The maximum absolute atomic E-state index is 13.9. The first-order valence-corrected chi connectivity index (χ1v) is 15.3. The van der Waals surface area contributed by atoms with Crippen molar-refractivity contribution in [1.82, 2.24) is 20.9 Å². The van der Waals surface area contributed by atoms with E-state index >= 15 is 0 Å². The maximum atomic E-state index is 13.9. The Morgan fingerprint density at radius 3 is 1.98 bits per heavy atom. The maximum Gasteiger partial charge on any atom is 0.246 e. The summed E-state index contributed by atoms with van der Waals surface area (Å²) in [7, 11) is 0. The number of benzene rings is 2. The molecule has 5 atom stereocenters. The number of hydrogen-bond donors (Lipinski definition) is 3. The molecular weight excluding hydrogens is 548 g/mol. The number of ketones is 1. The Bertz CT molecular complexity index is 1300. The fraction of sp³-hybridized carbons (Fsp3) is 0.485. The second-order valence-corrected chi connectivity index (χ2v) is 11.6. The Hall–Kier alpha value is -4.05. The highest BCUT2D eigenvalue weighted by Gasteiger charge is 2.40. The first-order valence-electron chi connectivity index (χ1n) is 15.3. The molecule has 43 heavy (non-hydrogen) atoms. The fourth-order valence-corrected chi connectivity index (χ4v) is 5.91. The van der Waals surface area contributed by atoms with Crippen molar-refractivity contribution in [2.24, 2.45) is 0 Å². The first-order chi connectivity index (χ1) is 20.9. The monoisotopic (exact) mass is 588 g/mol. The number of carbonyl (C=O) groups excluding carboxylic acids is 5. The highest BCUT2D eigenvalue weighted by Crippen LogP contribution is 2.21. The summed E-state index contributed by atoms with van der Waals surface area (Å²) in [6.45, 7) is 0.902. The predicted molar refractivity (Wildman–Crippen MR) is 159 cm³/mol. The summed E-state index contributed by atoms with van der Waals surface area (Å²) in [5.74, 6) is -1.46. The number of fused-ring (bicyclic) bond motifs is 1. The molecule has 0 saturated carbocycles. The highest BCUT2D eigenvalue weighted by atomic mass is 16.6. The van der Waals surface area contributed by atoms with Crippen molar-refractivity contribution in [2.45, 2.75) is 88.1 Å². The SMILES string of the molecule is O=C1N[C@@H](CCCCCC(=O)[C@@H]2CO2)C(=O)N[C@@H](Cc2ccccc2)C(=O)N[C@@H](Cc2ccccc2)C(=O)N2CCCC12. The van der Waals surface area contributed by atoms with Crippen LogP contribution in [-0.2, 0) is 41.6 Å². The third-order valence-electron chi connectivity index (χ3n) is 8.39. The normalized spacial score (nSPS) is 26.0. The molecule has 2 aromatic rings. The van der Waals surface area contributed by atoms with Crippen LogP contribution in [0.3, 0.4) is 0 Å². The third kappa shape index (κ3) is 8.28. The van der Waals surface area contributed by atoms with Crippen molar-refractivity contribution in [1.29, 1.82) is 0 Å². The molecule has 3 N–H and O–H groups in total. The lowest BCUT2D eigenvalue weighted by atomic mass is 10.00. The van der Waals surface area contributed by atoms with Crippen molar-refractivity contribution < 1.29 is 28.7 Å². The van der Waals surface area contributed by atoms with Crippen LogP contribution in [0.15, 0.2) is 60.7 Å². The zero-order valence-corrected chi connectivity index (χ0v) is 24.3. The molecular formula is C33H40N4O6. The van der Waals surface area contributed by atoms with Crippen molar-refractivity contribution in [3.05, 3.63) is 71.8 Å². The molecule has 228 valence electrons. The van der Waals surface area contributed by atoms with E-state index in [1.807, 2.05) is 60.7 Å². The Kier molecular flexibility index (Phi) is 10.2. The van der Waals surface area contributed by atoms with Crippen LogP contribution in [-0.4, -0.2) is 77.7 Å². The number of nitrogens with zero attached hydrogens (tertiary/aromatic N) is 1. The Balaban J connectivity index is 1.36. The lowest BCUT2D eigenvalue weighted by Gasteiger charge is -2.32. The molecule has 2 aromatic carbocycles. The second-order valence-electron chi connectivity index (χ2n) is 11.6. The predicted octanol–water partition coefficient (Wildman–Crippen LogP) is 1.85. The number of ether oxygens (including phenoxy) is 1. The van der Waals surface area contributed by atoms with E-state index in [0.717, 1.165) is 11.1 Å². The zero-order valence-electron chi connectivity index (χ0n) is 24.3. The standard InChI is InChI=1S/C33H40N4O6/c38-28(29-21-43-29)17-9-3-8-15-24-30(39)35-25(19-22-11-4-1-5-12-22)31(40)36-26(20-23-13-6-2-7-14-23)33(42)37-18-10-16-27(37)32(41)34-24/h1-2,4-7,11-14,24-27,29H,3,8-10,15-21H2,(H,34,41)(H,35,39)(H,36,40)/t24-,25-,26-,27?,29-/m0/s1. The van der Waals surface area contributed by atoms with E-state index in [-0.39, 0.29) is 36.5 Å². The summed E-state index contributed by atoms with van der Waals surface area (Å²) in [5.41, 5.74) is 1.73. The molecule has 10 nitrogen and oxygen atoms in total. The molecule has 3 saturated heterocycles. The van der Waals surface area contributed by atoms with E-state index in [2.05, 4.69) is 16.0 Å². The van der Waals surface area contributed by atoms with Crippen molar-refractivity contribution in [3.8, 4) is 0 Å². The number of epoxide rings is 1. The summed E-state index contributed by atoms with van der Waals surface area (Å²) in [6, 6.07) is 15.4. The molecule has 5 rings (SSSR count). The van der Waals surface area contributed by atoms with Gasteiger partial charge in [0, 0.05) is 25.8 Å². The van der Waals surface area contributed by atoms with Crippen LogP contribution in [0, 0.1) is 0 Å². The van der Waals surface area contributed by atoms with Crippen LogP contribution in [0.25, 0.3) is 0 Å². The smallest absolute Gasteiger partial charge is 0.246 e.